The maximum absolute atomic E-state index is 8.93. The Hall–Kier alpha value is -0.200. The van der Waals surface area contributed by atoms with Crippen LogP contribution in [0.1, 0.15) is 39.5 Å². The molecule has 86 valence electrons. The number of hydrogen-bond acceptors (Lipinski definition) is 3. The van der Waals surface area contributed by atoms with Crippen LogP contribution in [0.4, 0.5) is 0 Å². The fourth-order valence-corrected chi connectivity index (χ4v) is 2.59. The molecule has 1 rings (SSSR count). The molecule has 2 nitrogen and oxygen atoms in total. The summed E-state index contributed by atoms with van der Waals surface area (Å²) in [4.78, 5) is 0. The molecule has 1 aliphatic rings. The zero-order valence-corrected chi connectivity index (χ0v) is 10.6. The molecule has 1 fully saturated rings. The van der Waals surface area contributed by atoms with Crippen molar-refractivity contribution in [2.75, 3.05) is 11.5 Å². The van der Waals surface area contributed by atoms with E-state index in [9.17, 15) is 0 Å². The van der Waals surface area contributed by atoms with Crippen LogP contribution in [-0.2, 0) is 0 Å². The molecule has 0 spiro atoms. The lowest BCUT2D eigenvalue weighted by atomic mass is 10.2. The first-order valence-corrected chi connectivity index (χ1v) is 7.11. The van der Waals surface area contributed by atoms with Gasteiger partial charge in [-0.2, -0.15) is 17.0 Å². The third kappa shape index (κ3) is 6.81. The monoisotopic (exact) mass is 226 g/mol. The Bertz CT molecular complexity index is 206. The van der Waals surface area contributed by atoms with Gasteiger partial charge in [0.2, 0.25) is 0 Å². The Balaban J connectivity index is 1.94. The average Bonchev–Trinajstić information content (AvgIpc) is 2.99. The minimum Gasteiger partial charge on any atom is -0.299 e. The van der Waals surface area contributed by atoms with Crippen molar-refractivity contribution >= 4 is 11.8 Å². The van der Waals surface area contributed by atoms with Gasteiger partial charge in [0.1, 0.15) is 0 Å². The van der Waals surface area contributed by atoms with Gasteiger partial charge in [0.25, 0.3) is 0 Å². The topological polar surface area (TPSA) is 35.8 Å². The molecule has 0 aromatic heterocycles. The van der Waals surface area contributed by atoms with Crippen LogP contribution >= 0.6 is 11.8 Å². The summed E-state index contributed by atoms with van der Waals surface area (Å²) in [5.74, 6) is 3.15. The van der Waals surface area contributed by atoms with Crippen LogP contribution in [0.3, 0.4) is 0 Å². The first kappa shape index (κ1) is 12.9. The van der Waals surface area contributed by atoms with Crippen molar-refractivity contribution in [2.24, 2.45) is 5.92 Å². The second kappa shape index (κ2) is 7.14. The molecule has 1 aliphatic carbocycles. The van der Waals surface area contributed by atoms with Crippen molar-refractivity contribution in [1.29, 1.82) is 5.26 Å². The minimum absolute atomic E-state index is 0.0871. The van der Waals surface area contributed by atoms with Crippen LogP contribution in [-0.4, -0.2) is 23.6 Å². The van der Waals surface area contributed by atoms with E-state index in [1.54, 1.807) is 0 Å². The molecule has 3 heteroatoms. The Kier molecular flexibility index (Phi) is 6.12. The molecule has 0 bridgehead atoms. The SMILES string of the molecule is CC(C)CCSCCC(C#N)NC1CC1. The van der Waals surface area contributed by atoms with Gasteiger partial charge in [-0.3, -0.25) is 5.32 Å². The van der Waals surface area contributed by atoms with E-state index in [-0.39, 0.29) is 6.04 Å². The number of nitriles is 1. The van der Waals surface area contributed by atoms with E-state index in [0.717, 1.165) is 18.1 Å². The van der Waals surface area contributed by atoms with E-state index in [4.69, 9.17) is 5.26 Å². The molecular formula is C12H22N2S. The van der Waals surface area contributed by atoms with Gasteiger partial charge >= 0.3 is 0 Å². The van der Waals surface area contributed by atoms with E-state index in [1.165, 1.54) is 25.0 Å². The molecule has 0 aromatic rings. The maximum atomic E-state index is 8.93. The largest absolute Gasteiger partial charge is 0.299 e. The quantitative estimate of drug-likeness (QED) is 0.646. The zero-order chi connectivity index (χ0) is 11.1. The summed E-state index contributed by atoms with van der Waals surface area (Å²) in [5, 5.41) is 12.3. The van der Waals surface area contributed by atoms with Crippen molar-refractivity contribution in [3.63, 3.8) is 0 Å². The third-order valence-corrected chi connectivity index (χ3v) is 3.61. The van der Waals surface area contributed by atoms with E-state index in [2.05, 4.69) is 25.2 Å². The molecule has 0 aliphatic heterocycles. The van der Waals surface area contributed by atoms with Crippen molar-refractivity contribution in [1.82, 2.24) is 5.32 Å². The molecular weight excluding hydrogens is 204 g/mol. The van der Waals surface area contributed by atoms with Crippen molar-refractivity contribution < 1.29 is 0 Å². The standard InChI is InChI=1S/C12H22N2S/c1-10(2)5-7-15-8-6-12(9-13)14-11-3-4-11/h10-12,14H,3-8H2,1-2H3. The van der Waals surface area contributed by atoms with Crippen LogP contribution in [0.25, 0.3) is 0 Å². The summed E-state index contributed by atoms with van der Waals surface area (Å²) in [6.07, 6.45) is 4.81. The van der Waals surface area contributed by atoms with Crippen LogP contribution in [0, 0.1) is 17.2 Å². The first-order chi connectivity index (χ1) is 7.22. The third-order valence-electron chi connectivity index (χ3n) is 2.56. The summed E-state index contributed by atoms with van der Waals surface area (Å²) < 4.78 is 0. The molecule has 0 radical (unpaired) electrons. The van der Waals surface area contributed by atoms with Crippen molar-refractivity contribution in [3.05, 3.63) is 0 Å². The van der Waals surface area contributed by atoms with Crippen LogP contribution < -0.4 is 5.32 Å². The van der Waals surface area contributed by atoms with Gasteiger partial charge in [0.05, 0.1) is 12.1 Å². The molecule has 1 atom stereocenters. The average molecular weight is 226 g/mol. The number of nitrogens with zero attached hydrogens (tertiary/aromatic N) is 1. The van der Waals surface area contributed by atoms with Gasteiger partial charge in [-0.25, -0.2) is 0 Å². The van der Waals surface area contributed by atoms with Crippen LogP contribution in [0.5, 0.6) is 0 Å². The smallest absolute Gasteiger partial charge is 0.0963 e. The Morgan fingerprint density at radius 1 is 1.33 bits per heavy atom. The van der Waals surface area contributed by atoms with Crippen LogP contribution in [0.2, 0.25) is 0 Å². The van der Waals surface area contributed by atoms with Crippen molar-refractivity contribution in [3.8, 4) is 6.07 Å². The predicted octanol–water partition coefficient (Wildman–Crippen LogP) is 2.80. The number of thioether (sulfide) groups is 1. The fraction of sp³-hybridized carbons (Fsp3) is 0.917. The fourth-order valence-electron chi connectivity index (χ4n) is 1.34. The minimum atomic E-state index is 0.0871. The van der Waals surface area contributed by atoms with Gasteiger partial charge in [0.15, 0.2) is 0 Å². The van der Waals surface area contributed by atoms with Gasteiger partial charge in [-0.15, -0.1) is 0 Å². The van der Waals surface area contributed by atoms with E-state index < -0.39 is 0 Å². The van der Waals surface area contributed by atoms with Gasteiger partial charge in [-0.1, -0.05) is 13.8 Å². The first-order valence-electron chi connectivity index (χ1n) is 5.95. The van der Waals surface area contributed by atoms with Gasteiger partial charge < -0.3 is 0 Å². The highest BCUT2D eigenvalue weighted by molar-refractivity contribution is 7.99. The van der Waals surface area contributed by atoms with E-state index >= 15 is 0 Å². The molecule has 0 amide bonds. The summed E-state index contributed by atoms with van der Waals surface area (Å²) in [5.41, 5.74) is 0. The second-order valence-corrected chi connectivity index (χ2v) is 5.93. The highest BCUT2D eigenvalue weighted by Gasteiger charge is 2.23. The zero-order valence-electron chi connectivity index (χ0n) is 9.83. The lowest BCUT2D eigenvalue weighted by Crippen LogP contribution is -2.30. The van der Waals surface area contributed by atoms with E-state index in [1.807, 2.05) is 11.8 Å². The molecule has 0 heterocycles. The summed E-state index contributed by atoms with van der Waals surface area (Å²) >= 11 is 1.98. The molecule has 1 unspecified atom stereocenters. The maximum Gasteiger partial charge on any atom is 0.0963 e. The second-order valence-electron chi connectivity index (χ2n) is 4.71. The Labute approximate surface area is 97.8 Å². The number of rotatable bonds is 8. The number of hydrogen-bond donors (Lipinski definition) is 1. The number of nitrogens with one attached hydrogen (secondary N) is 1. The lowest BCUT2D eigenvalue weighted by Gasteiger charge is -2.10. The normalized spacial score (nSPS) is 17.7. The highest BCUT2D eigenvalue weighted by atomic mass is 32.2. The van der Waals surface area contributed by atoms with Gasteiger partial charge in [-0.05, 0) is 43.1 Å². The molecule has 0 aromatic carbocycles. The Morgan fingerprint density at radius 3 is 2.53 bits per heavy atom. The van der Waals surface area contributed by atoms with Gasteiger partial charge in [0, 0.05) is 6.04 Å². The van der Waals surface area contributed by atoms with Crippen LogP contribution in [0.15, 0.2) is 0 Å². The summed E-state index contributed by atoms with van der Waals surface area (Å²) in [6, 6.07) is 3.08. The summed E-state index contributed by atoms with van der Waals surface area (Å²) in [7, 11) is 0. The lowest BCUT2D eigenvalue weighted by molar-refractivity contribution is 0.586. The molecule has 15 heavy (non-hydrogen) atoms. The predicted molar refractivity (Wildman–Crippen MR) is 67.0 cm³/mol. The van der Waals surface area contributed by atoms with E-state index in [0.29, 0.717) is 6.04 Å². The molecule has 0 saturated heterocycles. The Morgan fingerprint density at radius 2 is 2.00 bits per heavy atom. The summed E-state index contributed by atoms with van der Waals surface area (Å²) in [6.45, 7) is 4.51. The molecule has 1 saturated carbocycles. The highest BCUT2D eigenvalue weighted by Crippen LogP contribution is 2.20. The van der Waals surface area contributed by atoms with Crippen molar-refractivity contribution in [2.45, 2.75) is 51.6 Å². The molecule has 1 N–H and O–H groups in total.